The molecule has 1 aliphatic heterocycles. The molecule has 1 aliphatic rings. The lowest BCUT2D eigenvalue weighted by atomic mass is 10.1. The number of benzene rings is 1. The van der Waals surface area contributed by atoms with Crippen molar-refractivity contribution in [3.8, 4) is 0 Å². The first-order valence-corrected chi connectivity index (χ1v) is 6.06. The van der Waals surface area contributed by atoms with Crippen molar-refractivity contribution in [2.75, 3.05) is 37.3 Å². The van der Waals surface area contributed by atoms with Crippen LogP contribution in [0.15, 0.2) is 12.1 Å². The molecular weight excluding hydrogens is 241 g/mol. The van der Waals surface area contributed by atoms with Crippen molar-refractivity contribution in [1.29, 1.82) is 0 Å². The molecule has 1 atom stereocenters. The molecule has 0 amide bonds. The molecule has 1 aromatic carbocycles. The third-order valence-corrected chi connectivity index (χ3v) is 3.50. The summed E-state index contributed by atoms with van der Waals surface area (Å²) < 4.78 is 13.2. The highest BCUT2D eigenvalue weighted by Gasteiger charge is 2.23. The molecule has 1 saturated heterocycles. The van der Waals surface area contributed by atoms with E-state index in [2.05, 4.69) is 23.8 Å². The number of anilines is 2. The second-order valence-corrected chi connectivity index (χ2v) is 5.04. The number of hydrogen-bond donors (Lipinski definition) is 1. The normalized spacial score (nSPS) is 21.9. The largest absolute Gasteiger partial charge is 0.397 e. The maximum atomic E-state index is 13.2. The van der Waals surface area contributed by atoms with Crippen molar-refractivity contribution < 1.29 is 4.39 Å². The Morgan fingerprint density at radius 2 is 2.12 bits per heavy atom. The summed E-state index contributed by atoms with van der Waals surface area (Å²) in [6, 6.07) is 3.26. The fourth-order valence-electron chi connectivity index (χ4n) is 2.30. The van der Waals surface area contributed by atoms with Crippen molar-refractivity contribution >= 4 is 23.0 Å². The number of halogens is 2. The van der Waals surface area contributed by atoms with Gasteiger partial charge in [-0.05, 0) is 20.0 Å². The molecule has 0 radical (unpaired) electrons. The van der Waals surface area contributed by atoms with Crippen LogP contribution in [-0.2, 0) is 0 Å². The minimum absolute atomic E-state index is 0.125. The first kappa shape index (κ1) is 12.5. The van der Waals surface area contributed by atoms with Crippen LogP contribution in [0.1, 0.15) is 6.92 Å². The molecule has 2 N–H and O–H groups in total. The van der Waals surface area contributed by atoms with E-state index in [4.69, 9.17) is 17.3 Å². The molecule has 1 fully saturated rings. The minimum atomic E-state index is -0.463. The van der Waals surface area contributed by atoms with Gasteiger partial charge in [0.2, 0.25) is 0 Å². The molecule has 17 heavy (non-hydrogen) atoms. The molecular formula is C12H17ClFN3. The van der Waals surface area contributed by atoms with Crippen LogP contribution in [0, 0.1) is 5.82 Å². The maximum Gasteiger partial charge on any atom is 0.143 e. The Kier molecular flexibility index (Phi) is 3.45. The van der Waals surface area contributed by atoms with E-state index < -0.39 is 5.82 Å². The van der Waals surface area contributed by atoms with E-state index in [0.717, 1.165) is 25.3 Å². The van der Waals surface area contributed by atoms with Gasteiger partial charge >= 0.3 is 0 Å². The van der Waals surface area contributed by atoms with E-state index in [1.807, 2.05) is 0 Å². The van der Waals surface area contributed by atoms with Gasteiger partial charge in [-0.25, -0.2) is 4.39 Å². The summed E-state index contributed by atoms with van der Waals surface area (Å²) in [5, 5.41) is 0.125. The number of nitrogen functional groups attached to an aromatic ring is 1. The SMILES string of the molecule is CC1CN(C)CCN1c1cc(Cl)c(F)cc1N. The Labute approximate surface area is 106 Å². The summed E-state index contributed by atoms with van der Waals surface area (Å²) in [7, 11) is 2.09. The van der Waals surface area contributed by atoms with Gasteiger partial charge in [-0.3, -0.25) is 0 Å². The van der Waals surface area contributed by atoms with E-state index in [9.17, 15) is 4.39 Å². The van der Waals surface area contributed by atoms with Gasteiger partial charge in [-0.2, -0.15) is 0 Å². The Bertz CT molecular complexity index is 424. The third kappa shape index (κ3) is 2.48. The summed E-state index contributed by atoms with van der Waals surface area (Å²) >= 11 is 5.81. The van der Waals surface area contributed by atoms with Gasteiger partial charge in [-0.15, -0.1) is 0 Å². The van der Waals surface area contributed by atoms with Crippen LogP contribution in [0.3, 0.4) is 0 Å². The average molecular weight is 258 g/mol. The van der Waals surface area contributed by atoms with Gasteiger partial charge in [-0.1, -0.05) is 11.6 Å². The third-order valence-electron chi connectivity index (χ3n) is 3.21. The van der Waals surface area contributed by atoms with Crippen molar-refractivity contribution in [2.45, 2.75) is 13.0 Å². The van der Waals surface area contributed by atoms with E-state index in [0.29, 0.717) is 11.7 Å². The Morgan fingerprint density at radius 3 is 2.76 bits per heavy atom. The first-order chi connectivity index (χ1) is 7.99. The molecule has 2 rings (SSSR count). The Morgan fingerprint density at radius 1 is 1.41 bits per heavy atom. The molecule has 94 valence electrons. The van der Waals surface area contributed by atoms with Crippen LogP contribution in [0.5, 0.6) is 0 Å². The molecule has 0 bridgehead atoms. The zero-order chi connectivity index (χ0) is 12.6. The topological polar surface area (TPSA) is 32.5 Å². The summed E-state index contributed by atoms with van der Waals surface area (Å²) in [4.78, 5) is 4.45. The number of hydrogen-bond acceptors (Lipinski definition) is 3. The van der Waals surface area contributed by atoms with Gasteiger partial charge in [0.15, 0.2) is 0 Å². The van der Waals surface area contributed by atoms with Gasteiger partial charge in [0.1, 0.15) is 5.82 Å². The van der Waals surface area contributed by atoms with Gasteiger partial charge in [0.25, 0.3) is 0 Å². The Hall–Kier alpha value is -1.00. The fraction of sp³-hybridized carbons (Fsp3) is 0.500. The first-order valence-electron chi connectivity index (χ1n) is 5.68. The highest BCUT2D eigenvalue weighted by Crippen LogP contribution is 2.31. The Balaban J connectivity index is 2.31. The van der Waals surface area contributed by atoms with Gasteiger partial charge in [0.05, 0.1) is 16.4 Å². The fourth-order valence-corrected chi connectivity index (χ4v) is 2.46. The van der Waals surface area contributed by atoms with Crippen LogP contribution >= 0.6 is 11.6 Å². The molecule has 0 saturated carbocycles. The predicted molar refractivity (Wildman–Crippen MR) is 70.1 cm³/mol. The molecule has 1 aromatic rings. The van der Waals surface area contributed by atoms with Crippen molar-refractivity contribution in [3.63, 3.8) is 0 Å². The second kappa shape index (κ2) is 4.70. The van der Waals surface area contributed by atoms with Gasteiger partial charge < -0.3 is 15.5 Å². The predicted octanol–water partition coefficient (Wildman–Crippen LogP) is 2.20. The highest BCUT2D eigenvalue weighted by molar-refractivity contribution is 6.31. The summed E-state index contributed by atoms with van der Waals surface area (Å²) in [6.45, 7) is 4.95. The lowest BCUT2D eigenvalue weighted by molar-refractivity contribution is 0.276. The van der Waals surface area contributed by atoms with Crippen LogP contribution in [0.2, 0.25) is 5.02 Å². The monoisotopic (exact) mass is 257 g/mol. The maximum absolute atomic E-state index is 13.2. The molecule has 0 aromatic heterocycles. The lowest BCUT2D eigenvalue weighted by Gasteiger charge is -2.40. The average Bonchev–Trinajstić information content (AvgIpc) is 2.24. The van der Waals surface area contributed by atoms with Gasteiger partial charge in [0, 0.05) is 31.7 Å². The van der Waals surface area contributed by atoms with Crippen molar-refractivity contribution in [2.24, 2.45) is 0 Å². The summed E-state index contributed by atoms with van der Waals surface area (Å²) in [5.41, 5.74) is 7.14. The number of piperazine rings is 1. The van der Waals surface area contributed by atoms with Crippen LogP contribution in [0.25, 0.3) is 0 Å². The van der Waals surface area contributed by atoms with Crippen molar-refractivity contribution in [3.05, 3.63) is 23.0 Å². The second-order valence-electron chi connectivity index (χ2n) is 4.63. The van der Waals surface area contributed by atoms with E-state index >= 15 is 0 Å². The minimum Gasteiger partial charge on any atom is -0.397 e. The highest BCUT2D eigenvalue weighted by atomic mass is 35.5. The number of nitrogens with two attached hydrogens (primary N) is 1. The van der Waals surface area contributed by atoms with Crippen LogP contribution in [0.4, 0.5) is 15.8 Å². The zero-order valence-corrected chi connectivity index (χ0v) is 10.8. The quantitative estimate of drug-likeness (QED) is 0.783. The molecule has 1 unspecified atom stereocenters. The molecule has 0 aliphatic carbocycles. The number of nitrogens with zero attached hydrogens (tertiary/aromatic N) is 2. The van der Waals surface area contributed by atoms with E-state index in [1.165, 1.54) is 6.07 Å². The molecule has 1 heterocycles. The van der Waals surface area contributed by atoms with E-state index in [1.54, 1.807) is 6.07 Å². The molecule has 3 nitrogen and oxygen atoms in total. The molecule has 0 spiro atoms. The zero-order valence-electron chi connectivity index (χ0n) is 10.1. The number of likely N-dealkylation sites (N-methyl/N-ethyl adjacent to an activating group) is 1. The summed E-state index contributed by atoms with van der Waals surface area (Å²) in [6.07, 6.45) is 0. The molecule has 5 heteroatoms. The number of rotatable bonds is 1. The van der Waals surface area contributed by atoms with Crippen LogP contribution < -0.4 is 10.6 Å². The van der Waals surface area contributed by atoms with Crippen LogP contribution in [-0.4, -0.2) is 37.6 Å². The lowest BCUT2D eigenvalue weighted by Crippen LogP contribution is -2.50. The smallest absolute Gasteiger partial charge is 0.143 e. The van der Waals surface area contributed by atoms with Crippen molar-refractivity contribution in [1.82, 2.24) is 4.90 Å². The standard InChI is InChI=1S/C12H17ClFN3/c1-8-7-16(2)3-4-17(8)12-5-9(13)10(14)6-11(12)15/h5-6,8H,3-4,7,15H2,1-2H3. The van der Waals surface area contributed by atoms with E-state index in [-0.39, 0.29) is 5.02 Å². The summed E-state index contributed by atoms with van der Waals surface area (Å²) in [5.74, 6) is -0.463.